The Kier molecular flexibility index (Phi) is 3.16. The highest BCUT2D eigenvalue weighted by molar-refractivity contribution is 5.48. The van der Waals surface area contributed by atoms with Crippen LogP contribution in [0, 0.1) is 11.8 Å². The molecule has 0 saturated carbocycles. The zero-order valence-electron chi connectivity index (χ0n) is 12.0. The molecule has 0 amide bonds. The summed E-state index contributed by atoms with van der Waals surface area (Å²) in [5.74, 6) is 1.26. The Bertz CT molecular complexity index is 422. The molecule has 0 radical (unpaired) electrons. The van der Waals surface area contributed by atoms with Gasteiger partial charge in [0.25, 0.3) is 0 Å². The van der Waals surface area contributed by atoms with Gasteiger partial charge < -0.3 is 0 Å². The molecule has 0 spiro atoms. The number of hydrogen-bond acceptors (Lipinski definition) is 0. The maximum atomic E-state index is 2.40. The number of rotatable bonds is 2. The first-order valence-corrected chi connectivity index (χ1v) is 6.68. The summed E-state index contributed by atoms with van der Waals surface area (Å²) in [7, 11) is 0. The maximum Gasteiger partial charge on any atom is -0.00368 e. The lowest BCUT2D eigenvalue weighted by molar-refractivity contribution is 0.765. The molecule has 0 bridgehead atoms. The summed E-state index contributed by atoms with van der Waals surface area (Å²) < 4.78 is 0. The van der Waals surface area contributed by atoms with Crippen LogP contribution in [-0.2, 0) is 0 Å². The maximum absolute atomic E-state index is 2.40. The summed E-state index contributed by atoms with van der Waals surface area (Å²) in [5.41, 5.74) is 9.25. The molecule has 2 unspecified atom stereocenters. The van der Waals surface area contributed by atoms with Gasteiger partial charge in [-0.25, -0.2) is 0 Å². The Morgan fingerprint density at radius 1 is 0.765 bits per heavy atom. The van der Waals surface area contributed by atoms with Crippen molar-refractivity contribution < 1.29 is 0 Å². The molecule has 0 aromatic carbocycles. The molecule has 0 aromatic heterocycles. The molecule has 2 aliphatic carbocycles. The third-order valence-corrected chi connectivity index (χ3v) is 4.63. The topological polar surface area (TPSA) is 0 Å². The van der Waals surface area contributed by atoms with Crippen LogP contribution in [0.2, 0.25) is 0 Å². The fraction of sp³-hybridized carbons (Fsp3) is 0.529. The minimum absolute atomic E-state index is 0.628. The predicted octanol–water partition coefficient (Wildman–Crippen LogP) is 5.20. The first-order valence-electron chi connectivity index (χ1n) is 6.68. The zero-order chi connectivity index (χ0) is 12.7. The van der Waals surface area contributed by atoms with Gasteiger partial charge in [-0.2, -0.15) is 0 Å². The van der Waals surface area contributed by atoms with Crippen molar-refractivity contribution in [3.8, 4) is 0 Å². The number of hydrogen-bond donors (Lipinski definition) is 0. The molecular weight excluding hydrogens is 204 g/mol. The van der Waals surface area contributed by atoms with Crippen molar-refractivity contribution in [3.05, 3.63) is 45.6 Å². The molecule has 0 heteroatoms. The Balaban J connectivity index is 2.26. The van der Waals surface area contributed by atoms with E-state index in [0.29, 0.717) is 11.8 Å². The second-order valence-electron chi connectivity index (χ2n) is 5.75. The van der Waals surface area contributed by atoms with Gasteiger partial charge in [0, 0.05) is 0 Å². The highest BCUT2D eigenvalue weighted by Gasteiger charge is 2.24. The molecule has 2 rings (SSSR count). The van der Waals surface area contributed by atoms with Gasteiger partial charge in [0.2, 0.25) is 0 Å². The van der Waals surface area contributed by atoms with Crippen LogP contribution in [0.3, 0.4) is 0 Å². The third-order valence-electron chi connectivity index (χ3n) is 4.63. The zero-order valence-corrected chi connectivity index (χ0v) is 12.0. The molecule has 17 heavy (non-hydrogen) atoms. The second-order valence-corrected chi connectivity index (χ2v) is 5.75. The quantitative estimate of drug-likeness (QED) is 0.609. The van der Waals surface area contributed by atoms with Crippen LogP contribution in [0.4, 0.5) is 0 Å². The summed E-state index contributed by atoms with van der Waals surface area (Å²) in [6.45, 7) is 13.7. The molecule has 0 fully saturated rings. The van der Waals surface area contributed by atoms with Gasteiger partial charge in [-0.15, -0.1) is 0 Å². The highest BCUT2D eigenvalue weighted by Crippen LogP contribution is 2.40. The molecule has 0 saturated heterocycles. The van der Waals surface area contributed by atoms with Crippen LogP contribution in [0.25, 0.3) is 0 Å². The Labute approximate surface area is 106 Å². The van der Waals surface area contributed by atoms with E-state index in [0.717, 1.165) is 0 Å². The van der Waals surface area contributed by atoms with Crippen molar-refractivity contribution in [1.29, 1.82) is 0 Å². The predicted molar refractivity (Wildman–Crippen MR) is 75.9 cm³/mol. The minimum Gasteiger partial charge on any atom is -0.0744 e. The largest absolute Gasteiger partial charge is 0.0744 e. The summed E-state index contributed by atoms with van der Waals surface area (Å²) in [6.07, 6.45) is 5.97. The van der Waals surface area contributed by atoms with E-state index >= 15 is 0 Å². The Hall–Kier alpha value is -1.04. The van der Waals surface area contributed by atoms with E-state index in [1.165, 1.54) is 28.7 Å². The van der Waals surface area contributed by atoms with Gasteiger partial charge in [0.05, 0.1) is 0 Å². The average molecular weight is 228 g/mol. The van der Waals surface area contributed by atoms with Crippen LogP contribution in [0.1, 0.15) is 48.0 Å². The monoisotopic (exact) mass is 228 g/mol. The van der Waals surface area contributed by atoms with E-state index < -0.39 is 0 Å². The van der Waals surface area contributed by atoms with Crippen molar-refractivity contribution in [2.75, 3.05) is 0 Å². The van der Waals surface area contributed by atoms with Gasteiger partial charge in [-0.1, -0.05) is 48.3 Å². The lowest BCUT2D eigenvalue weighted by atomic mass is 9.89. The minimum atomic E-state index is 0.628. The van der Waals surface area contributed by atoms with Crippen molar-refractivity contribution >= 4 is 0 Å². The second kappa shape index (κ2) is 4.33. The van der Waals surface area contributed by atoms with Crippen molar-refractivity contribution in [1.82, 2.24) is 0 Å². The van der Waals surface area contributed by atoms with E-state index in [-0.39, 0.29) is 0 Å². The summed E-state index contributed by atoms with van der Waals surface area (Å²) in [5, 5.41) is 0. The summed E-state index contributed by atoms with van der Waals surface area (Å²) in [4.78, 5) is 0. The molecule has 0 aromatic rings. The van der Waals surface area contributed by atoms with Crippen molar-refractivity contribution in [2.24, 2.45) is 11.8 Å². The SMILES string of the molecule is CC1=CC(C)C(CC2=C(C)C(C)=CC2C)=C1C. The Morgan fingerprint density at radius 3 is 1.35 bits per heavy atom. The van der Waals surface area contributed by atoms with E-state index in [9.17, 15) is 0 Å². The van der Waals surface area contributed by atoms with Crippen LogP contribution >= 0.6 is 0 Å². The third kappa shape index (κ3) is 2.06. The van der Waals surface area contributed by atoms with Crippen LogP contribution in [0.15, 0.2) is 45.6 Å². The lowest BCUT2D eigenvalue weighted by Crippen LogP contribution is -2.01. The normalized spacial score (nSPS) is 29.1. The molecule has 0 N–H and O–H groups in total. The van der Waals surface area contributed by atoms with Crippen LogP contribution in [-0.4, -0.2) is 0 Å². The van der Waals surface area contributed by atoms with E-state index in [1.54, 1.807) is 11.1 Å². The first-order chi connectivity index (χ1) is 7.91. The van der Waals surface area contributed by atoms with Crippen molar-refractivity contribution in [2.45, 2.75) is 48.0 Å². The molecule has 92 valence electrons. The van der Waals surface area contributed by atoms with Gasteiger partial charge in [0.15, 0.2) is 0 Å². The summed E-state index contributed by atoms with van der Waals surface area (Å²) >= 11 is 0. The molecule has 0 aliphatic heterocycles. The van der Waals surface area contributed by atoms with E-state index in [4.69, 9.17) is 0 Å². The standard InChI is InChI=1S/C17H24/c1-10-7-12(3)16(14(10)5)9-17-13(4)8-11(2)15(17)6/h7-8,12-13H,9H2,1-6H3. The molecule has 0 nitrogen and oxygen atoms in total. The van der Waals surface area contributed by atoms with E-state index in [1.807, 2.05) is 0 Å². The summed E-state index contributed by atoms with van der Waals surface area (Å²) in [6, 6.07) is 0. The molecule has 2 aliphatic rings. The first kappa shape index (κ1) is 12.4. The lowest BCUT2D eigenvalue weighted by Gasteiger charge is -2.16. The van der Waals surface area contributed by atoms with Crippen LogP contribution < -0.4 is 0 Å². The Morgan fingerprint density at radius 2 is 1.12 bits per heavy atom. The van der Waals surface area contributed by atoms with Crippen LogP contribution in [0.5, 0.6) is 0 Å². The number of allylic oxidation sites excluding steroid dienone is 8. The van der Waals surface area contributed by atoms with Crippen molar-refractivity contribution in [3.63, 3.8) is 0 Å². The van der Waals surface area contributed by atoms with E-state index in [2.05, 4.69) is 53.7 Å². The smallest absolute Gasteiger partial charge is 0.00368 e. The van der Waals surface area contributed by atoms with Gasteiger partial charge in [-0.05, 0) is 57.1 Å². The average Bonchev–Trinajstić information content (AvgIpc) is 2.62. The van der Waals surface area contributed by atoms with Gasteiger partial charge >= 0.3 is 0 Å². The highest BCUT2D eigenvalue weighted by atomic mass is 14.3. The molecular formula is C17H24. The fourth-order valence-electron chi connectivity index (χ4n) is 3.18. The van der Waals surface area contributed by atoms with Gasteiger partial charge in [-0.3, -0.25) is 0 Å². The van der Waals surface area contributed by atoms with Gasteiger partial charge in [0.1, 0.15) is 0 Å². The molecule has 2 atom stereocenters. The molecule has 0 heterocycles. The fourth-order valence-corrected chi connectivity index (χ4v) is 3.18.